The van der Waals surface area contributed by atoms with Crippen molar-refractivity contribution in [1.82, 2.24) is 15.3 Å². The maximum Gasteiger partial charge on any atom is 0.305 e. The van der Waals surface area contributed by atoms with Crippen molar-refractivity contribution in [2.24, 2.45) is 0 Å². The first-order valence-electron chi connectivity index (χ1n) is 6.76. The van der Waals surface area contributed by atoms with Gasteiger partial charge in [0.15, 0.2) is 0 Å². The first kappa shape index (κ1) is 15.0. The van der Waals surface area contributed by atoms with Gasteiger partial charge in [-0.3, -0.25) is 9.59 Å². The van der Waals surface area contributed by atoms with Crippen LogP contribution in [-0.4, -0.2) is 52.7 Å². The highest BCUT2D eigenvalue weighted by Gasteiger charge is 2.33. The minimum Gasteiger partial charge on any atom is -0.481 e. The van der Waals surface area contributed by atoms with Gasteiger partial charge in [-0.05, 0) is 13.8 Å². The van der Waals surface area contributed by atoms with Crippen LogP contribution in [0, 0.1) is 6.92 Å². The van der Waals surface area contributed by atoms with Crippen LogP contribution in [0.2, 0.25) is 0 Å². The summed E-state index contributed by atoms with van der Waals surface area (Å²) < 4.78 is 5.37. The number of aromatic nitrogens is 2. The van der Waals surface area contributed by atoms with E-state index in [1.165, 1.54) is 0 Å². The third-order valence-corrected chi connectivity index (χ3v) is 3.07. The van der Waals surface area contributed by atoms with E-state index in [-0.39, 0.29) is 12.3 Å². The minimum atomic E-state index is -1.04. The number of carbonyl (C=O) groups excluding carboxylic acids is 1. The molecule has 0 saturated carbocycles. The molecular weight excluding hydrogens is 276 g/mol. The van der Waals surface area contributed by atoms with Gasteiger partial charge in [-0.15, -0.1) is 0 Å². The van der Waals surface area contributed by atoms with Crippen molar-refractivity contribution in [3.05, 3.63) is 11.8 Å². The van der Waals surface area contributed by atoms with Crippen LogP contribution in [0.15, 0.2) is 6.07 Å². The van der Waals surface area contributed by atoms with E-state index in [9.17, 15) is 9.59 Å². The van der Waals surface area contributed by atoms with Crippen molar-refractivity contribution >= 4 is 17.8 Å². The zero-order valence-electron chi connectivity index (χ0n) is 12.0. The molecule has 8 heteroatoms. The molecule has 1 unspecified atom stereocenters. The number of piperazine rings is 1. The Morgan fingerprint density at radius 3 is 3.00 bits per heavy atom. The second-order valence-electron chi connectivity index (χ2n) is 4.68. The molecule has 1 amide bonds. The first-order valence-corrected chi connectivity index (χ1v) is 6.76. The molecule has 1 aliphatic rings. The molecule has 2 N–H and O–H groups in total. The van der Waals surface area contributed by atoms with E-state index < -0.39 is 12.0 Å². The first-order chi connectivity index (χ1) is 10.0. The number of hydrogen-bond donors (Lipinski definition) is 2. The molecule has 0 aliphatic carbocycles. The molecule has 1 aliphatic heterocycles. The number of aryl methyl sites for hydroxylation is 1. The number of rotatable bonds is 5. The number of nitrogens with one attached hydrogen (secondary N) is 1. The van der Waals surface area contributed by atoms with E-state index in [4.69, 9.17) is 9.84 Å². The summed E-state index contributed by atoms with van der Waals surface area (Å²) in [5, 5.41) is 11.6. The van der Waals surface area contributed by atoms with Crippen LogP contribution in [0.4, 0.5) is 5.95 Å². The van der Waals surface area contributed by atoms with Crippen LogP contribution in [0.25, 0.3) is 0 Å². The van der Waals surface area contributed by atoms with Crippen molar-refractivity contribution in [1.29, 1.82) is 0 Å². The summed E-state index contributed by atoms with van der Waals surface area (Å²) in [6.45, 7) is 4.99. The maximum atomic E-state index is 11.9. The molecule has 21 heavy (non-hydrogen) atoms. The highest BCUT2D eigenvalue weighted by Crippen LogP contribution is 2.20. The number of amides is 1. The summed E-state index contributed by atoms with van der Waals surface area (Å²) in [7, 11) is 0. The Morgan fingerprint density at radius 2 is 2.33 bits per heavy atom. The smallest absolute Gasteiger partial charge is 0.305 e. The Kier molecular flexibility index (Phi) is 4.56. The lowest BCUT2D eigenvalue weighted by atomic mass is 10.1. The van der Waals surface area contributed by atoms with Gasteiger partial charge in [0.1, 0.15) is 6.04 Å². The SMILES string of the molecule is CCOc1cc(C)nc(N2CCNC(=O)C2CC(=O)O)n1. The van der Waals surface area contributed by atoms with Crippen LogP contribution in [0.1, 0.15) is 19.0 Å². The normalized spacial score (nSPS) is 18.3. The molecule has 0 bridgehead atoms. The summed E-state index contributed by atoms with van der Waals surface area (Å²) >= 11 is 0. The fraction of sp³-hybridized carbons (Fsp3) is 0.538. The van der Waals surface area contributed by atoms with Gasteiger partial charge in [0.25, 0.3) is 0 Å². The standard InChI is InChI=1S/C13H18N4O4/c1-3-21-10-6-8(2)15-13(16-10)17-5-4-14-12(20)9(17)7-11(18)19/h6,9H,3-5,7H2,1-2H3,(H,14,20)(H,18,19). The molecule has 0 radical (unpaired) electrons. The Morgan fingerprint density at radius 1 is 1.57 bits per heavy atom. The van der Waals surface area contributed by atoms with Gasteiger partial charge in [0.2, 0.25) is 17.7 Å². The number of carboxylic acid groups (broad SMARTS) is 1. The van der Waals surface area contributed by atoms with E-state index in [0.717, 1.165) is 0 Å². The van der Waals surface area contributed by atoms with Gasteiger partial charge in [-0.1, -0.05) is 0 Å². The maximum absolute atomic E-state index is 11.9. The third kappa shape index (κ3) is 3.59. The highest BCUT2D eigenvalue weighted by molar-refractivity contribution is 5.89. The zero-order chi connectivity index (χ0) is 15.4. The van der Waals surface area contributed by atoms with E-state index in [1.807, 2.05) is 6.92 Å². The molecule has 1 aromatic heterocycles. The Bertz CT molecular complexity index is 549. The van der Waals surface area contributed by atoms with Crippen LogP contribution in [-0.2, 0) is 9.59 Å². The largest absolute Gasteiger partial charge is 0.481 e. The Balaban J connectivity index is 2.32. The number of hydrogen-bond acceptors (Lipinski definition) is 6. The van der Waals surface area contributed by atoms with Gasteiger partial charge in [0.05, 0.1) is 13.0 Å². The molecule has 1 fully saturated rings. The molecule has 8 nitrogen and oxygen atoms in total. The molecule has 0 spiro atoms. The Labute approximate surface area is 122 Å². The number of carbonyl (C=O) groups is 2. The van der Waals surface area contributed by atoms with E-state index in [2.05, 4.69) is 15.3 Å². The summed E-state index contributed by atoms with van der Waals surface area (Å²) in [6.07, 6.45) is -0.299. The summed E-state index contributed by atoms with van der Waals surface area (Å²) in [4.78, 5) is 33.0. The highest BCUT2D eigenvalue weighted by atomic mass is 16.5. The lowest BCUT2D eigenvalue weighted by Gasteiger charge is -2.34. The lowest BCUT2D eigenvalue weighted by molar-refractivity contribution is -0.139. The topological polar surface area (TPSA) is 105 Å². The predicted octanol–water partition coefficient (Wildman–Crippen LogP) is -0.0368. The van der Waals surface area contributed by atoms with Crippen molar-refractivity contribution in [3.8, 4) is 5.88 Å². The van der Waals surface area contributed by atoms with Crippen molar-refractivity contribution < 1.29 is 19.4 Å². The molecule has 114 valence electrons. The summed E-state index contributed by atoms with van der Waals surface area (Å²) in [5.74, 6) is -0.633. The van der Waals surface area contributed by atoms with Gasteiger partial charge in [-0.2, -0.15) is 4.98 Å². The summed E-state index contributed by atoms with van der Waals surface area (Å²) in [6, 6.07) is 0.885. The van der Waals surface area contributed by atoms with E-state index in [0.29, 0.717) is 37.2 Å². The number of nitrogens with zero attached hydrogens (tertiary/aromatic N) is 3. The molecule has 2 heterocycles. The third-order valence-electron chi connectivity index (χ3n) is 3.07. The second-order valence-corrected chi connectivity index (χ2v) is 4.68. The monoisotopic (exact) mass is 294 g/mol. The molecule has 0 aromatic carbocycles. The minimum absolute atomic E-state index is 0.299. The number of anilines is 1. The zero-order valence-corrected chi connectivity index (χ0v) is 12.0. The van der Waals surface area contributed by atoms with Crippen molar-refractivity contribution in [2.75, 3.05) is 24.6 Å². The molecule has 2 rings (SSSR count). The van der Waals surface area contributed by atoms with Gasteiger partial charge < -0.3 is 20.1 Å². The molecule has 1 atom stereocenters. The average Bonchev–Trinajstić information content (AvgIpc) is 2.40. The van der Waals surface area contributed by atoms with Crippen molar-refractivity contribution in [3.63, 3.8) is 0 Å². The van der Waals surface area contributed by atoms with Crippen molar-refractivity contribution in [2.45, 2.75) is 26.3 Å². The van der Waals surface area contributed by atoms with Crippen LogP contribution >= 0.6 is 0 Å². The van der Waals surface area contributed by atoms with Crippen LogP contribution in [0.5, 0.6) is 5.88 Å². The van der Waals surface area contributed by atoms with Crippen LogP contribution in [0.3, 0.4) is 0 Å². The Hall–Kier alpha value is -2.38. The molecule has 1 saturated heterocycles. The average molecular weight is 294 g/mol. The number of ether oxygens (including phenoxy) is 1. The lowest BCUT2D eigenvalue weighted by Crippen LogP contribution is -2.56. The quantitative estimate of drug-likeness (QED) is 0.785. The van der Waals surface area contributed by atoms with Crippen LogP contribution < -0.4 is 15.0 Å². The summed E-state index contributed by atoms with van der Waals surface area (Å²) in [5.41, 5.74) is 0.698. The second kappa shape index (κ2) is 6.38. The van der Waals surface area contributed by atoms with E-state index >= 15 is 0 Å². The van der Waals surface area contributed by atoms with E-state index in [1.54, 1.807) is 17.9 Å². The fourth-order valence-electron chi connectivity index (χ4n) is 2.20. The number of carboxylic acids is 1. The van der Waals surface area contributed by atoms with Gasteiger partial charge in [0, 0.05) is 24.8 Å². The number of aliphatic carboxylic acids is 1. The van der Waals surface area contributed by atoms with Gasteiger partial charge >= 0.3 is 5.97 Å². The molecule has 1 aromatic rings. The predicted molar refractivity (Wildman–Crippen MR) is 74.3 cm³/mol. The molecular formula is C13H18N4O4. The van der Waals surface area contributed by atoms with Gasteiger partial charge in [-0.25, -0.2) is 4.98 Å². The fourth-order valence-corrected chi connectivity index (χ4v) is 2.20.